The highest BCUT2D eigenvalue weighted by atomic mass is 35.5. The number of nitrogens with zero attached hydrogens (tertiary/aromatic N) is 1. The lowest BCUT2D eigenvalue weighted by molar-refractivity contribution is -0.384. The Labute approximate surface area is 121 Å². The van der Waals surface area contributed by atoms with Gasteiger partial charge in [-0.1, -0.05) is 19.1 Å². The summed E-state index contributed by atoms with van der Waals surface area (Å²) in [7, 11) is -4.05. The highest BCUT2D eigenvalue weighted by molar-refractivity contribution is 7.50. The normalized spacial score (nSPS) is 18.9. The first kappa shape index (κ1) is 17.1. The zero-order chi connectivity index (χ0) is 15.6. The Morgan fingerprint density at radius 2 is 2.05 bits per heavy atom. The summed E-state index contributed by atoms with van der Waals surface area (Å²) in [6.07, 6.45) is 0. The van der Waals surface area contributed by atoms with Gasteiger partial charge in [0, 0.05) is 18.1 Å². The van der Waals surface area contributed by atoms with Gasteiger partial charge in [-0.25, -0.2) is 10.1 Å². The molecule has 0 aliphatic heterocycles. The van der Waals surface area contributed by atoms with E-state index in [9.17, 15) is 14.7 Å². The molecule has 0 amide bonds. The predicted octanol–water partition coefficient (Wildman–Crippen LogP) is 2.76. The van der Waals surface area contributed by atoms with Crippen molar-refractivity contribution < 1.29 is 18.9 Å². The largest absolute Gasteiger partial charge is 0.400 e. The summed E-state index contributed by atoms with van der Waals surface area (Å²) < 4.78 is 15.6. The van der Waals surface area contributed by atoms with Crippen molar-refractivity contribution in [3.63, 3.8) is 0 Å². The Hall–Kier alpha value is -0.980. The van der Waals surface area contributed by atoms with E-state index in [0.717, 1.165) is 0 Å². The van der Waals surface area contributed by atoms with Crippen molar-refractivity contribution >= 4 is 25.0 Å². The molecule has 0 spiro atoms. The molecule has 0 aliphatic carbocycles. The molecule has 0 saturated heterocycles. The molecule has 1 aromatic rings. The van der Waals surface area contributed by atoms with Gasteiger partial charge in [-0.2, -0.15) is 0 Å². The third-order valence-electron chi connectivity index (χ3n) is 3.08. The number of nitrogens with two attached hydrogens (primary N) is 1. The average molecular weight is 323 g/mol. The van der Waals surface area contributed by atoms with Crippen LogP contribution >= 0.6 is 19.3 Å². The lowest BCUT2D eigenvalue weighted by atomic mass is 9.88. The van der Waals surface area contributed by atoms with Crippen molar-refractivity contribution in [3.05, 3.63) is 39.9 Å². The lowest BCUT2D eigenvalue weighted by Crippen LogP contribution is -2.27. The van der Waals surface area contributed by atoms with Gasteiger partial charge in [-0.3, -0.25) is 14.6 Å². The number of hydrogen-bond acceptors (Lipinski definition) is 4. The highest BCUT2D eigenvalue weighted by Gasteiger charge is 2.32. The first-order chi connectivity index (χ1) is 9.04. The van der Waals surface area contributed by atoms with Crippen molar-refractivity contribution in [2.75, 3.05) is 6.61 Å². The van der Waals surface area contributed by atoms with E-state index in [4.69, 9.17) is 22.0 Å². The molecule has 0 heterocycles. The number of nitro groups is 1. The summed E-state index contributed by atoms with van der Waals surface area (Å²) in [4.78, 5) is 18.1. The third-order valence-corrected chi connectivity index (χ3v) is 4.19. The summed E-state index contributed by atoms with van der Waals surface area (Å²) in [6, 6.07) is 5.79. The van der Waals surface area contributed by atoms with Gasteiger partial charge in [0.15, 0.2) is 0 Å². The number of alkyl halides is 1. The van der Waals surface area contributed by atoms with Gasteiger partial charge in [-0.15, -0.1) is 11.6 Å². The number of benzene rings is 1. The van der Waals surface area contributed by atoms with E-state index in [1.165, 1.54) is 12.1 Å². The zero-order valence-corrected chi connectivity index (χ0v) is 12.7. The molecule has 7 nitrogen and oxygen atoms in total. The molecule has 0 aliphatic rings. The molecule has 3 atom stereocenters. The molecule has 20 heavy (non-hydrogen) atoms. The van der Waals surface area contributed by atoms with E-state index in [-0.39, 0.29) is 18.2 Å². The Morgan fingerprint density at radius 3 is 2.45 bits per heavy atom. The van der Waals surface area contributed by atoms with Gasteiger partial charge in [0.25, 0.3) is 5.69 Å². The second-order valence-corrected chi connectivity index (χ2v) is 6.81. The molecular formula is C11H16ClN2O5P. The number of halogens is 1. The molecule has 3 unspecified atom stereocenters. The van der Waals surface area contributed by atoms with E-state index < -0.39 is 17.5 Å². The Bertz CT molecular complexity index is 528. The molecular weight excluding hydrogens is 307 g/mol. The molecule has 1 aromatic carbocycles. The Morgan fingerprint density at radius 1 is 1.55 bits per heavy atom. The summed E-state index contributed by atoms with van der Waals surface area (Å²) in [5.41, 5.74) is 5.50. The summed E-state index contributed by atoms with van der Waals surface area (Å²) in [5.74, 6) is -0.338. The van der Waals surface area contributed by atoms with Crippen molar-refractivity contribution in [1.82, 2.24) is 0 Å². The van der Waals surface area contributed by atoms with Crippen LogP contribution in [0.25, 0.3) is 0 Å². The second kappa shape index (κ2) is 6.20. The monoisotopic (exact) mass is 322 g/mol. The van der Waals surface area contributed by atoms with E-state index >= 15 is 0 Å². The first-order valence-corrected chi connectivity index (χ1v) is 7.76. The van der Waals surface area contributed by atoms with Crippen LogP contribution in [0.1, 0.15) is 19.4 Å². The quantitative estimate of drug-likeness (QED) is 0.360. The molecule has 112 valence electrons. The van der Waals surface area contributed by atoms with Crippen LogP contribution in [-0.2, 0) is 14.0 Å². The predicted molar refractivity (Wildman–Crippen MR) is 75.4 cm³/mol. The van der Waals surface area contributed by atoms with Crippen molar-refractivity contribution in [2.24, 2.45) is 11.4 Å². The highest BCUT2D eigenvalue weighted by Crippen LogP contribution is 2.40. The molecule has 0 fully saturated rings. The molecule has 0 bridgehead atoms. The fraction of sp³-hybridized carbons (Fsp3) is 0.455. The van der Waals surface area contributed by atoms with Crippen LogP contribution in [0.5, 0.6) is 0 Å². The fourth-order valence-corrected chi connectivity index (χ4v) is 2.19. The third kappa shape index (κ3) is 4.54. The number of rotatable bonds is 6. The van der Waals surface area contributed by atoms with Crippen molar-refractivity contribution in [1.29, 1.82) is 0 Å². The van der Waals surface area contributed by atoms with E-state index in [0.29, 0.717) is 5.56 Å². The fourth-order valence-electron chi connectivity index (χ4n) is 1.57. The second-order valence-electron chi connectivity index (χ2n) is 4.64. The van der Waals surface area contributed by atoms with Crippen LogP contribution in [0.2, 0.25) is 0 Å². The first-order valence-electron chi connectivity index (χ1n) is 5.74. The van der Waals surface area contributed by atoms with Gasteiger partial charge in [0.2, 0.25) is 0 Å². The molecule has 3 N–H and O–H groups in total. The molecule has 0 radical (unpaired) electrons. The van der Waals surface area contributed by atoms with Crippen molar-refractivity contribution in [2.45, 2.75) is 18.7 Å². The number of non-ortho nitro benzene ring substituents is 1. The minimum absolute atomic E-state index is 0.0352. The van der Waals surface area contributed by atoms with Crippen LogP contribution < -0.4 is 5.50 Å². The van der Waals surface area contributed by atoms with Crippen LogP contribution in [0.3, 0.4) is 0 Å². The molecule has 9 heteroatoms. The molecule has 0 aromatic heterocycles. The SMILES string of the molecule is CC(COP(N)(=O)O)C(C)(Cl)c1ccc([N+](=O)[O-])cc1. The lowest BCUT2D eigenvalue weighted by Gasteiger charge is -2.29. The minimum Gasteiger partial charge on any atom is -0.313 e. The molecule has 1 rings (SSSR count). The smallest absolute Gasteiger partial charge is 0.313 e. The van der Waals surface area contributed by atoms with Crippen LogP contribution in [-0.4, -0.2) is 16.4 Å². The van der Waals surface area contributed by atoms with Gasteiger partial charge >= 0.3 is 7.75 Å². The van der Waals surface area contributed by atoms with Gasteiger partial charge in [-0.05, 0) is 12.5 Å². The van der Waals surface area contributed by atoms with Crippen LogP contribution in [0.15, 0.2) is 24.3 Å². The summed E-state index contributed by atoms with van der Waals surface area (Å²) in [5, 5.41) is 10.6. The standard InChI is InChI=1S/C11H16ClN2O5P/c1-8(7-19-20(13,17)18)11(2,12)9-3-5-10(6-4-9)14(15)16/h3-6,8H,7H2,1-2H3,(H3,13,17,18). The maximum Gasteiger partial charge on any atom is 0.400 e. The maximum atomic E-state index is 10.9. The summed E-state index contributed by atoms with van der Waals surface area (Å²) in [6.45, 7) is 3.31. The molecule has 0 saturated carbocycles. The van der Waals surface area contributed by atoms with E-state index in [2.05, 4.69) is 4.52 Å². The average Bonchev–Trinajstić information content (AvgIpc) is 2.35. The Kier molecular flexibility index (Phi) is 5.29. The van der Waals surface area contributed by atoms with Crippen LogP contribution in [0, 0.1) is 16.0 Å². The maximum absolute atomic E-state index is 10.9. The Balaban J connectivity index is 2.86. The number of hydrogen-bond donors (Lipinski definition) is 2. The van der Waals surface area contributed by atoms with E-state index in [1.54, 1.807) is 26.0 Å². The number of nitro benzene ring substituents is 1. The zero-order valence-electron chi connectivity index (χ0n) is 11.0. The minimum atomic E-state index is -4.05. The van der Waals surface area contributed by atoms with Gasteiger partial charge in [0.1, 0.15) is 0 Å². The van der Waals surface area contributed by atoms with E-state index in [1.807, 2.05) is 0 Å². The topological polar surface area (TPSA) is 116 Å². The van der Waals surface area contributed by atoms with Gasteiger partial charge in [0.05, 0.1) is 16.4 Å². The van der Waals surface area contributed by atoms with Gasteiger partial charge < -0.3 is 4.89 Å². The van der Waals surface area contributed by atoms with Crippen LogP contribution in [0.4, 0.5) is 5.69 Å². The van der Waals surface area contributed by atoms with Crippen molar-refractivity contribution in [3.8, 4) is 0 Å². The summed E-state index contributed by atoms with van der Waals surface area (Å²) >= 11 is 6.41.